The first kappa shape index (κ1) is 15.3. The largest absolute Gasteiger partial charge is 0.387 e. The molecular weight excluding hydrogens is 324 g/mol. The number of likely N-dealkylation sites (tertiary alicyclic amines) is 1. The van der Waals surface area contributed by atoms with Gasteiger partial charge in [0.2, 0.25) is 0 Å². The number of carbonyl (C=O) groups is 1. The Morgan fingerprint density at radius 3 is 2.88 bits per heavy atom. The van der Waals surface area contributed by atoms with E-state index in [9.17, 15) is 9.90 Å². The highest BCUT2D eigenvalue weighted by Gasteiger charge is 2.30. The van der Waals surface area contributed by atoms with Crippen molar-refractivity contribution in [2.24, 2.45) is 5.92 Å². The second-order valence-electron chi connectivity index (χ2n) is 6.04. The van der Waals surface area contributed by atoms with Crippen LogP contribution in [0.3, 0.4) is 0 Å². The maximum Gasteiger partial charge on any atom is 0.274 e. The smallest absolute Gasteiger partial charge is 0.274 e. The quantitative estimate of drug-likeness (QED) is 0.793. The van der Waals surface area contributed by atoms with Gasteiger partial charge in [-0.15, -0.1) is 11.3 Å². The first-order valence-corrected chi connectivity index (χ1v) is 8.91. The number of piperidine rings is 1. The maximum absolute atomic E-state index is 12.6. The zero-order valence-corrected chi connectivity index (χ0v) is 13.9. The molecule has 1 aliphatic heterocycles. The van der Waals surface area contributed by atoms with Crippen LogP contribution in [0, 0.1) is 5.92 Å². The van der Waals surface area contributed by atoms with Gasteiger partial charge in [-0.2, -0.15) is 5.10 Å². The molecule has 0 spiro atoms. The van der Waals surface area contributed by atoms with E-state index in [0.29, 0.717) is 24.4 Å². The summed E-state index contributed by atoms with van der Waals surface area (Å²) < 4.78 is 1.61. The minimum absolute atomic E-state index is 0.0652. The van der Waals surface area contributed by atoms with Crippen LogP contribution in [0.2, 0.25) is 0 Å². The summed E-state index contributed by atoms with van der Waals surface area (Å²) in [4.78, 5) is 19.7. The van der Waals surface area contributed by atoms with Gasteiger partial charge in [0.25, 0.3) is 5.91 Å². The molecule has 1 N–H and O–H groups in total. The zero-order valence-electron chi connectivity index (χ0n) is 13.1. The van der Waals surface area contributed by atoms with Crippen molar-refractivity contribution in [2.75, 3.05) is 13.1 Å². The fraction of sp³-hybridized carbons (Fsp3) is 0.353. The molecule has 24 heavy (non-hydrogen) atoms. The number of amides is 1. The third-order valence-electron chi connectivity index (χ3n) is 4.56. The van der Waals surface area contributed by atoms with E-state index in [1.54, 1.807) is 40.4 Å². The highest BCUT2D eigenvalue weighted by Crippen LogP contribution is 2.33. The summed E-state index contributed by atoms with van der Waals surface area (Å²) in [5.41, 5.74) is 1.09. The van der Waals surface area contributed by atoms with E-state index >= 15 is 0 Å². The Morgan fingerprint density at radius 2 is 2.17 bits per heavy atom. The number of hydrogen-bond donors (Lipinski definition) is 1. The molecular formula is C17H18N4O2S. The minimum atomic E-state index is -0.429. The fourth-order valence-electron chi connectivity index (χ4n) is 3.21. The van der Waals surface area contributed by atoms with Crippen molar-refractivity contribution >= 4 is 22.9 Å². The summed E-state index contributed by atoms with van der Waals surface area (Å²) in [5, 5.41) is 16.7. The first-order valence-electron chi connectivity index (χ1n) is 8.03. The molecule has 3 aromatic rings. The topological polar surface area (TPSA) is 70.7 Å². The van der Waals surface area contributed by atoms with E-state index in [2.05, 4.69) is 10.1 Å². The number of rotatable bonds is 3. The molecule has 0 aliphatic carbocycles. The molecule has 0 bridgehead atoms. The number of aliphatic hydroxyl groups is 1. The van der Waals surface area contributed by atoms with Crippen molar-refractivity contribution in [3.63, 3.8) is 0 Å². The van der Waals surface area contributed by atoms with Crippen LogP contribution in [0.15, 0.2) is 42.0 Å². The lowest BCUT2D eigenvalue weighted by Gasteiger charge is -2.33. The Hall–Kier alpha value is -2.25. The monoisotopic (exact) mass is 342 g/mol. The molecule has 4 rings (SSSR count). The average molecular weight is 342 g/mol. The predicted molar refractivity (Wildman–Crippen MR) is 90.9 cm³/mol. The molecule has 0 saturated carbocycles. The summed E-state index contributed by atoms with van der Waals surface area (Å²) >= 11 is 1.58. The van der Waals surface area contributed by atoms with Crippen LogP contribution in [-0.4, -0.2) is 43.6 Å². The molecule has 7 heteroatoms. The van der Waals surface area contributed by atoms with E-state index in [0.717, 1.165) is 17.7 Å². The Morgan fingerprint density at radius 1 is 1.33 bits per heavy atom. The number of thiophene rings is 1. The summed E-state index contributed by atoms with van der Waals surface area (Å²) in [6.45, 7) is 1.29. The molecule has 0 radical (unpaired) electrons. The van der Waals surface area contributed by atoms with Gasteiger partial charge in [0, 0.05) is 36.4 Å². The van der Waals surface area contributed by atoms with Crippen LogP contribution in [0.5, 0.6) is 0 Å². The standard InChI is InChI=1S/C17H18N4O2S/c22-16(14-3-1-10-24-14)12-4-8-20(9-5-12)17(23)13-11-15-18-6-2-7-21(15)19-13/h1-3,6-7,10-12,16,22H,4-5,8-9H2. The number of nitrogens with zero attached hydrogens (tertiary/aromatic N) is 4. The van der Waals surface area contributed by atoms with Crippen molar-refractivity contribution < 1.29 is 9.90 Å². The van der Waals surface area contributed by atoms with E-state index in [1.165, 1.54) is 0 Å². The van der Waals surface area contributed by atoms with Crippen molar-refractivity contribution in [3.8, 4) is 0 Å². The van der Waals surface area contributed by atoms with Gasteiger partial charge in [-0.3, -0.25) is 4.79 Å². The lowest BCUT2D eigenvalue weighted by molar-refractivity contribution is 0.0470. The summed E-state index contributed by atoms with van der Waals surface area (Å²) in [6, 6.07) is 7.43. The third-order valence-corrected chi connectivity index (χ3v) is 5.51. The summed E-state index contributed by atoms with van der Waals surface area (Å²) in [7, 11) is 0. The lowest BCUT2D eigenvalue weighted by atomic mass is 9.90. The molecule has 4 heterocycles. The van der Waals surface area contributed by atoms with Crippen molar-refractivity contribution in [1.82, 2.24) is 19.5 Å². The second-order valence-corrected chi connectivity index (χ2v) is 7.02. The summed E-state index contributed by atoms with van der Waals surface area (Å²) in [6.07, 6.45) is 4.64. The average Bonchev–Trinajstić information content (AvgIpc) is 3.30. The van der Waals surface area contributed by atoms with Crippen LogP contribution < -0.4 is 0 Å². The van der Waals surface area contributed by atoms with Crippen molar-refractivity contribution in [1.29, 1.82) is 0 Å². The molecule has 3 aromatic heterocycles. The number of aliphatic hydroxyl groups excluding tert-OH is 1. The molecule has 1 aliphatic rings. The number of aromatic nitrogens is 3. The van der Waals surface area contributed by atoms with Gasteiger partial charge in [-0.25, -0.2) is 9.50 Å². The van der Waals surface area contributed by atoms with E-state index < -0.39 is 6.10 Å². The van der Waals surface area contributed by atoms with E-state index in [1.807, 2.05) is 22.4 Å². The van der Waals surface area contributed by atoms with Gasteiger partial charge in [-0.1, -0.05) is 6.07 Å². The highest BCUT2D eigenvalue weighted by molar-refractivity contribution is 7.10. The van der Waals surface area contributed by atoms with Gasteiger partial charge < -0.3 is 10.0 Å². The second kappa shape index (κ2) is 6.33. The number of carbonyl (C=O) groups excluding carboxylic acids is 1. The molecule has 6 nitrogen and oxygen atoms in total. The molecule has 1 fully saturated rings. The Balaban J connectivity index is 1.42. The SMILES string of the molecule is O=C(c1cc2ncccn2n1)N1CCC(C(O)c2cccs2)CC1. The zero-order chi connectivity index (χ0) is 16.5. The van der Waals surface area contributed by atoms with Gasteiger partial charge in [0.15, 0.2) is 11.3 Å². The van der Waals surface area contributed by atoms with Crippen molar-refractivity contribution in [2.45, 2.75) is 18.9 Å². The summed E-state index contributed by atoms with van der Waals surface area (Å²) in [5.74, 6) is 0.139. The van der Waals surface area contributed by atoms with Crippen LogP contribution >= 0.6 is 11.3 Å². The van der Waals surface area contributed by atoms with Crippen LogP contribution in [0.1, 0.15) is 34.3 Å². The Labute approximate surface area is 143 Å². The maximum atomic E-state index is 12.6. The number of hydrogen-bond acceptors (Lipinski definition) is 5. The molecule has 1 atom stereocenters. The fourth-order valence-corrected chi connectivity index (χ4v) is 4.01. The van der Waals surface area contributed by atoms with E-state index in [4.69, 9.17) is 0 Å². The minimum Gasteiger partial charge on any atom is -0.387 e. The third kappa shape index (κ3) is 2.81. The van der Waals surface area contributed by atoms with Gasteiger partial charge >= 0.3 is 0 Å². The molecule has 1 amide bonds. The first-order chi connectivity index (χ1) is 11.7. The number of fused-ring (bicyclic) bond motifs is 1. The molecule has 1 unspecified atom stereocenters. The van der Waals surface area contributed by atoms with Crippen LogP contribution in [-0.2, 0) is 0 Å². The highest BCUT2D eigenvalue weighted by atomic mass is 32.1. The van der Waals surface area contributed by atoms with Crippen molar-refractivity contribution in [3.05, 3.63) is 52.6 Å². The van der Waals surface area contributed by atoms with Crippen LogP contribution in [0.4, 0.5) is 0 Å². The molecule has 0 aromatic carbocycles. The molecule has 1 saturated heterocycles. The Bertz CT molecular complexity index is 804. The van der Waals surface area contributed by atoms with Gasteiger partial charge in [-0.05, 0) is 36.3 Å². The van der Waals surface area contributed by atoms with Gasteiger partial charge in [0.1, 0.15) is 0 Å². The lowest BCUT2D eigenvalue weighted by Crippen LogP contribution is -2.39. The van der Waals surface area contributed by atoms with Crippen LogP contribution in [0.25, 0.3) is 5.65 Å². The predicted octanol–water partition coefficient (Wildman–Crippen LogP) is 2.38. The van der Waals surface area contributed by atoms with Gasteiger partial charge in [0.05, 0.1) is 6.10 Å². The Kier molecular flexibility index (Phi) is 4.03. The normalized spacial score (nSPS) is 17.3. The molecule has 124 valence electrons. The van der Waals surface area contributed by atoms with E-state index in [-0.39, 0.29) is 11.8 Å².